The predicted molar refractivity (Wildman–Crippen MR) is 144 cm³/mol. The van der Waals surface area contributed by atoms with Crippen molar-refractivity contribution in [1.29, 1.82) is 0 Å². The van der Waals surface area contributed by atoms with Gasteiger partial charge in [-0.15, -0.1) is 0 Å². The zero-order valence-electron chi connectivity index (χ0n) is 21.5. The van der Waals surface area contributed by atoms with Gasteiger partial charge < -0.3 is 24.6 Å². The third-order valence-corrected chi connectivity index (χ3v) is 6.67. The van der Waals surface area contributed by atoms with Crippen molar-refractivity contribution in [2.75, 3.05) is 62.7 Å². The fourth-order valence-corrected chi connectivity index (χ4v) is 4.41. The van der Waals surface area contributed by atoms with Crippen molar-refractivity contribution in [2.24, 2.45) is 0 Å². The van der Waals surface area contributed by atoms with Crippen molar-refractivity contribution in [1.82, 2.24) is 19.8 Å². The lowest BCUT2D eigenvalue weighted by atomic mass is 10.1. The average molecular weight is 517 g/mol. The number of hydrogen-bond acceptors (Lipinski definition) is 8. The molecule has 0 spiro atoms. The van der Waals surface area contributed by atoms with Crippen molar-refractivity contribution in [2.45, 2.75) is 13.5 Å². The first-order chi connectivity index (χ1) is 18.5. The van der Waals surface area contributed by atoms with Crippen LogP contribution in [0.25, 0.3) is 0 Å². The summed E-state index contributed by atoms with van der Waals surface area (Å²) in [6.45, 7) is 8.65. The molecule has 1 aromatic carbocycles. The van der Waals surface area contributed by atoms with Crippen LogP contribution in [0.3, 0.4) is 0 Å². The number of nitrogens with zero attached hydrogens (tertiary/aromatic N) is 5. The fourth-order valence-electron chi connectivity index (χ4n) is 4.41. The Hall–Kier alpha value is -4.02. The highest BCUT2D eigenvalue weighted by atomic mass is 16.6. The molecule has 2 saturated heterocycles. The third kappa shape index (κ3) is 6.64. The molecule has 0 atom stereocenters. The number of hydrogen-bond donors (Lipinski definition) is 1. The van der Waals surface area contributed by atoms with Crippen molar-refractivity contribution in [3.63, 3.8) is 0 Å². The smallest absolute Gasteiger partial charge is 0.409 e. The Kier molecular flexibility index (Phi) is 8.10. The number of carbonyl (C=O) groups is 2. The van der Waals surface area contributed by atoms with Crippen LogP contribution < -0.4 is 15.0 Å². The molecule has 0 unspecified atom stereocenters. The summed E-state index contributed by atoms with van der Waals surface area (Å²) in [5, 5.41) is 2.79. The topological polar surface area (TPSA) is 100 Å². The number of pyridine rings is 2. The van der Waals surface area contributed by atoms with E-state index < -0.39 is 6.09 Å². The lowest BCUT2D eigenvalue weighted by Gasteiger charge is -2.34. The molecule has 2 aliphatic heterocycles. The van der Waals surface area contributed by atoms with E-state index in [0.717, 1.165) is 49.8 Å². The maximum absolute atomic E-state index is 12.7. The lowest BCUT2D eigenvalue weighted by molar-refractivity contribution is 0.0342. The van der Waals surface area contributed by atoms with E-state index in [2.05, 4.69) is 25.1 Å². The Labute approximate surface area is 222 Å². The molecule has 2 fully saturated rings. The number of nitrogens with one attached hydrogen (secondary N) is 1. The number of morpholine rings is 1. The van der Waals surface area contributed by atoms with Crippen LogP contribution in [0.2, 0.25) is 0 Å². The van der Waals surface area contributed by atoms with Crippen molar-refractivity contribution in [3.05, 3.63) is 77.6 Å². The molecular weight excluding hydrogens is 484 g/mol. The minimum atomic E-state index is -0.419. The van der Waals surface area contributed by atoms with Gasteiger partial charge in [-0.1, -0.05) is 18.2 Å². The summed E-state index contributed by atoms with van der Waals surface area (Å²) in [4.78, 5) is 40.1. The normalized spacial score (nSPS) is 16.2. The summed E-state index contributed by atoms with van der Waals surface area (Å²) in [6.07, 6.45) is 2.86. The van der Waals surface area contributed by atoms with Gasteiger partial charge in [-0.25, -0.2) is 14.8 Å². The lowest BCUT2D eigenvalue weighted by Crippen LogP contribution is -2.49. The molecule has 5 rings (SSSR count). The molecule has 0 aliphatic carbocycles. The Morgan fingerprint density at radius 3 is 2.32 bits per heavy atom. The molecule has 4 heterocycles. The highest BCUT2D eigenvalue weighted by Gasteiger charge is 2.23. The largest absolute Gasteiger partial charge is 0.415 e. The van der Waals surface area contributed by atoms with E-state index in [1.807, 2.05) is 49.5 Å². The zero-order chi connectivity index (χ0) is 26.3. The molecule has 0 bridgehead atoms. The van der Waals surface area contributed by atoms with Gasteiger partial charge in [0.15, 0.2) is 5.75 Å². The Morgan fingerprint density at radius 1 is 0.895 bits per heavy atom. The summed E-state index contributed by atoms with van der Waals surface area (Å²) >= 11 is 0. The van der Waals surface area contributed by atoms with Crippen LogP contribution >= 0.6 is 0 Å². The highest BCUT2D eigenvalue weighted by molar-refractivity contribution is 6.03. The number of rotatable bonds is 6. The minimum Gasteiger partial charge on any atom is -0.409 e. The number of ether oxygens (including phenoxy) is 2. The average Bonchev–Trinajstić information content (AvgIpc) is 2.95. The first kappa shape index (κ1) is 25.6. The van der Waals surface area contributed by atoms with Crippen LogP contribution in [0.1, 0.15) is 21.5 Å². The van der Waals surface area contributed by atoms with E-state index in [4.69, 9.17) is 9.47 Å². The Bertz CT molecular complexity index is 1220. The van der Waals surface area contributed by atoms with Crippen molar-refractivity contribution in [3.8, 4) is 5.75 Å². The number of aryl methyl sites for hydroxylation is 1. The number of piperazine rings is 1. The number of carbonyl (C=O) groups excluding carboxylic acids is 2. The highest BCUT2D eigenvalue weighted by Crippen LogP contribution is 2.18. The molecule has 1 N–H and O–H groups in total. The second kappa shape index (κ2) is 12.0. The minimum absolute atomic E-state index is 0.249. The molecule has 38 heavy (non-hydrogen) atoms. The maximum atomic E-state index is 12.7. The second-order valence-corrected chi connectivity index (χ2v) is 9.45. The van der Waals surface area contributed by atoms with Gasteiger partial charge in [0.2, 0.25) is 0 Å². The van der Waals surface area contributed by atoms with Crippen LogP contribution in [-0.4, -0.2) is 84.3 Å². The summed E-state index contributed by atoms with van der Waals surface area (Å²) in [5.41, 5.74) is 2.82. The molecule has 2 amide bonds. The quantitative estimate of drug-likeness (QED) is 0.533. The van der Waals surface area contributed by atoms with E-state index in [-0.39, 0.29) is 5.91 Å². The van der Waals surface area contributed by atoms with E-state index in [9.17, 15) is 9.59 Å². The first-order valence-corrected chi connectivity index (χ1v) is 12.8. The number of benzene rings is 1. The van der Waals surface area contributed by atoms with Crippen LogP contribution in [-0.2, 0) is 11.3 Å². The Balaban J connectivity index is 1.08. The fraction of sp³-hybridized carbons (Fsp3) is 0.357. The molecule has 2 aliphatic rings. The number of aromatic nitrogens is 2. The first-order valence-electron chi connectivity index (χ1n) is 12.8. The number of amides is 2. The predicted octanol–water partition coefficient (Wildman–Crippen LogP) is 3.19. The molecule has 10 heteroatoms. The summed E-state index contributed by atoms with van der Waals surface area (Å²) in [5.74, 6) is 1.37. The molecule has 0 radical (unpaired) electrons. The van der Waals surface area contributed by atoms with Crippen molar-refractivity contribution < 1.29 is 19.1 Å². The molecule has 198 valence electrons. The van der Waals surface area contributed by atoms with E-state index >= 15 is 0 Å². The van der Waals surface area contributed by atoms with Crippen LogP contribution in [0, 0.1) is 6.92 Å². The van der Waals surface area contributed by atoms with Gasteiger partial charge in [0, 0.05) is 57.6 Å². The summed E-state index contributed by atoms with van der Waals surface area (Å²) in [6, 6.07) is 14.8. The van der Waals surface area contributed by atoms with Crippen molar-refractivity contribution >= 4 is 23.6 Å². The molecule has 2 aromatic heterocycles. The van der Waals surface area contributed by atoms with E-state index in [0.29, 0.717) is 43.3 Å². The van der Waals surface area contributed by atoms with Gasteiger partial charge in [-0.05, 0) is 48.4 Å². The molecule has 3 aromatic rings. The SMILES string of the molecule is Cc1ccc(N2CCN(C(=O)Oc3ccc(NC(=O)c4ccc(CN5CCOCC5)cc4)nc3)CC2)nc1. The summed E-state index contributed by atoms with van der Waals surface area (Å²) in [7, 11) is 0. The van der Waals surface area contributed by atoms with Gasteiger partial charge in [0.05, 0.1) is 19.4 Å². The molecular formula is C28H32N6O4. The van der Waals surface area contributed by atoms with Gasteiger partial charge in [0.25, 0.3) is 5.91 Å². The van der Waals surface area contributed by atoms with Crippen LogP contribution in [0.5, 0.6) is 5.75 Å². The van der Waals surface area contributed by atoms with Gasteiger partial charge in [-0.2, -0.15) is 0 Å². The van der Waals surface area contributed by atoms with Crippen LogP contribution in [0.15, 0.2) is 60.9 Å². The standard InChI is InChI=1S/C28H32N6O4/c1-21-2-9-26(30-18-21)33-10-12-34(13-11-33)28(36)38-24-7-8-25(29-19-24)31-27(35)23-5-3-22(4-6-23)20-32-14-16-37-17-15-32/h2-9,18-19H,10-17,20H2,1H3,(H,29,31,35). The van der Waals surface area contributed by atoms with Gasteiger partial charge in [0.1, 0.15) is 11.6 Å². The maximum Gasteiger partial charge on any atom is 0.415 e. The Morgan fingerprint density at radius 2 is 1.66 bits per heavy atom. The monoisotopic (exact) mass is 516 g/mol. The number of anilines is 2. The van der Waals surface area contributed by atoms with Gasteiger partial charge in [-0.3, -0.25) is 9.69 Å². The summed E-state index contributed by atoms with van der Waals surface area (Å²) < 4.78 is 10.9. The second-order valence-electron chi connectivity index (χ2n) is 9.45. The molecule has 10 nitrogen and oxygen atoms in total. The zero-order valence-corrected chi connectivity index (χ0v) is 21.5. The van der Waals surface area contributed by atoms with E-state index in [1.165, 1.54) is 6.20 Å². The molecule has 0 saturated carbocycles. The third-order valence-electron chi connectivity index (χ3n) is 6.67. The van der Waals surface area contributed by atoms with Gasteiger partial charge >= 0.3 is 6.09 Å². The van der Waals surface area contributed by atoms with E-state index in [1.54, 1.807) is 17.0 Å². The van der Waals surface area contributed by atoms with Crippen LogP contribution in [0.4, 0.5) is 16.4 Å².